The fraction of sp³-hybridized carbons (Fsp3) is 0.286. The number of benzene rings is 4. The van der Waals surface area contributed by atoms with Crippen LogP contribution >= 0.6 is 12.6 Å². The highest BCUT2D eigenvalue weighted by Gasteiger charge is 2.48. The van der Waals surface area contributed by atoms with Gasteiger partial charge in [0.1, 0.15) is 23.2 Å². The van der Waals surface area contributed by atoms with Crippen LogP contribution in [0.5, 0.6) is 11.5 Å². The van der Waals surface area contributed by atoms with Crippen molar-refractivity contribution in [3.8, 4) is 11.5 Å². The third-order valence-corrected chi connectivity index (χ3v) is 10.7. The van der Waals surface area contributed by atoms with Crippen LogP contribution in [-0.4, -0.2) is 68.6 Å². The van der Waals surface area contributed by atoms with Crippen LogP contribution < -0.4 is 20.3 Å². The van der Waals surface area contributed by atoms with Crippen LogP contribution in [-0.2, 0) is 31.2 Å². The van der Waals surface area contributed by atoms with Crippen molar-refractivity contribution in [3.05, 3.63) is 152 Å². The summed E-state index contributed by atoms with van der Waals surface area (Å²) in [5, 5.41) is 13.9. The van der Waals surface area contributed by atoms with Gasteiger partial charge in [0.25, 0.3) is 11.2 Å². The minimum atomic E-state index is -1.18. The van der Waals surface area contributed by atoms with Gasteiger partial charge in [0.2, 0.25) is 11.9 Å². The quantitative estimate of drug-likeness (QED) is 0.0450. The van der Waals surface area contributed by atoms with Crippen LogP contribution in [0.3, 0.4) is 0 Å². The number of amides is 1. The minimum Gasteiger partial charge on any atom is -0.497 e. The Morgan fingerprint density at radius 1 is 0.948 bits per heavy atom. The summed E-state index contributed by atoms with van der Waals surface area (Å²) in [5.74, 6) is 0.544. The van der Waals surface area contributed by atoms with Crippen LogP contribution in [0.15, 0.2) is 114 Å². The van der Waals surface area contributed by atoms with Crippen LogP contribution in [0.2, 0.25) is 0 Å². The van der Waals surface area contributed by atoms with Crippen molar-refractivity contribution in [1.29, 1.82) is 0 Å². The molecular formula is C42H42N6O9S. The van der Waals surface area contributed by atoms with E-state index in [1.54, 1.807) is 50.8 Å². The van der Waals surface area contributed by atoms with Crippen molar-refractivity contribution >= 4 is 41.3 Å². The number of imidazole rings is 1. The SMILES string of the molecule is COc1ccc(C(OC[C@H]2O[C@@H](n3cnc4c(=O)[nH]c(NC(=O)C(C)C)nc43)[C@H](OCc3ccccc3[N+](=O)[O-])[C@@H]2S)(c2ccccc2)c2ccc(OC)cc2)cc1. The van der Waals surface area contributed by atoms with Gasteiger partial charge in [-0.1, -0.05) is 80.6 Å². The van der Waals surface area contributed by atoms with Gasteiger partial charge >= 0.3 is 0 Å². The maximum absolute atomic E-state index is 13.2. The van der Waals surface area contributed by atoms with Crippen molar-refractivity contribution in [2.75, 3.05) is 26.1 Å². The highest BCUT2D eigenvalue weighted by atomic mass is 32.1. The first-order valence-electron chi connectivity index (χ1n) is 18.5. The zero-order valence-electron chi connectivity index (χ0n) is 32.1. The first-order valence-corrected chi connectivity index (χ1v) is 19.0. The predicted octanol–water partition coefficient (Wildman–Crippen LogP) is 6.43. The largest absolute Gasteiger partial charge is 0.497 e. The number of H-pyrrole nitrogens is 1. The Labute approximate surface area is 338 Å². The lowest BCUT2D eigenvalue weighted by molar-refractivity contribution is -0.386. The number of hydrogen-bond donors (Lipinski definition) is 3. The third kappa shape index (κ3) is 7.91. The second-order valence-corrected chi connectivity index (χ2v) is 14.5. The van der Waals surface area contributed by atoms with Crippen LogP contribution in [0.25, 0.3) is 11.2 Å². The number of carbonyl (C=O) groups excluding carboxylic acids is 1. The molecule has 300 valence electrons. The average Bonchev–Trinajstić information content (AvgIpc) is 3.81. The Morgan fingerprint density at radius 2 is 1.55 bits per heavy atom. The Hall–Kier alpha value is -6.07. The average molecular weight is 807 g/mol. The van der Waals surface area contributed by atoms with E-state index in [9.17, 15) is 19.7 Å². The van der Waals surface area contributed by atoms with Crippen molar-refractivity contribution < 1.29 is 33.4 Å². The summed E-state index contributed by atoms with van der Waals surface area (Å²) in [5.41, 5.74) is 1.04. The standard InChI is InChI=1S/C42H42N6O9S/c1-25(2)38(49)45-41-44-37-34(39(50)46-41)43-24-47(37)40-35(55-22-26-10-8-9-13-32(26)48(51)52)36(58)33(57-40)23-56-42(27-11-6-5-7-12-27,28-14-18-30(53-3)19-15-28)29-16-20-31(54-4)21-17-29/h5-21,24-25,33,35-36,40,58H,22-23H2,1-4H3,(H2,44,45,46,49,50)/t33-,35-,36-,40-/m1/s1. The number of aromatic nitrogens is 4. The van der Waals surface area contributed by atoms with Crippen molar-refractivity contribution in [2.24, 2.45) is 5.92 Å². The summed E-state index contributed by atoms with van der Waals surface area (Å²) < 4.78 is 32.9. The van der Waals surface area contributed by atoms with Crippen LogP contribution in [0, 0.1) is 16.0 Å². The van der Waals surface area contributed by atoms with Crippen molar-refractivity contribution in [2.45, 2.75) is 49.7 Å². The van der Waals surface area contributed by atoms with Gasteiger partial charge in [-0.05, 0) is 47.0 Å². The summed E-state index contributed by atoms with van der Waals surface area (Å²) >= 11 is 5.06. The zero-order chi connectivity index (χ0) is 41.0. The molecule has 0 bridgehead atoms. The van der Waals surface area contributed by atoms with E-state index in [0.29, 0.717) is 17.1 Å². The monoisotopic (exact) mass is 806 g/mol. The van der Waals surface area contributed by atoms with E-state index in [-0.39, 0.29) is 47.8 Å². The number of hydrogen-bond acceptors (Lipinski definition) is 12. The fourth-order valence-electron chi connectivity index (χ4n) is 6.97. The Bertz CT molecular complexity index is 2390. The van der Waals surface area contributed by atoms with Gasteiger partial charge in [-0.25, -0.2) is 4.98 Å². The number of carbonyl (C=O) groups is 1. The molecule has 0 radical (unpaired) electrons. The first kappa shape index (κ1) is 40.1. The molecule has 2 aromatic heterocycles. The molecule has 0 spiro atoms. The van der Waals surface area contributed by atoms with E-state index in [0.717, 1.165) is 16.7 Å². The fourth-order valence-corrected chi connectivity index (χ4v) is 7.36. The number of rotatable bonds is 15. The Kier molecular flexibility index (Phi) is 11.9. The third-order valence-electron chi connectivity index (χ3n) is 10.0. The molecule has 15 nitrogen and oxygen atoms in total. The van der Waals surface area contributed by atoms with Gasteiger partial charge < -0.3 is 23.7 Å². The molecular weight excluding hydrogens is 765 g/mol. The number of nitro groups is 1. The molecule has 6 aromatic rings. The smallest absolute Gasteiger partial charge is 0.280 e. The van der Waals surface area contributed by atoms with Gasteiger partial charge in [-0.2, -0.15) is 17.6 Å². The highest BCUT2D eigenvalue weighted by molar-refractivity contribution is 7.81. The van der Waals surface area contributed by atoms with Gasteiger partial charge in [0, 0.05) is 12.0 Å². The molecule has 3 heterocycles. The van der Waals surface area contributed by atoms with Gasteiger partial charge in [0.05, 0.1) is 55.6 Å². The summed E-state index contributed by atoms with van der Waals surface area (Å²) in [6, 6.07) is 31.3. The number of nitro benzene ring substituents is 1. The number of nitrogens with one attached hydrogen (secondary N) is 2. The van der Waals surface area contributed by atoms with E-state index in [1.165, 1.54) is 12.4 Å². The molecule has 4 atom stereocenters. The number of nitrogens with zero attached hydrogens (tertiary/aromatic N) is 4. The molecule has 7 rings (SSSR count). The molecule has 1 aliphatic rings. The van der Waals surface area contributed by atoms with Crippen molar-refractivity contribution in [1.82, 2.24) is 19.5 Å². The number of fused-ring (bicyclic) bond motifs is 1. The maximum atomic E-state index is 13.2. The highest BCUT2D eigenvalue weighted by Crippen LogP contribution is 2.44. The lowest BCUT2D eigenvalue weighted by atomic mass is 9.80. The van der Waals surface area contributed by atoms with Crippen molar-refractivity contribution in [3.63, 3.8) is 0 Å². The molecule has 1 fully saturated rings. The van der Waals surface area contributed by atoms with Gasteiger partial charge in [0.15, 0.2) is 17.4 Å². The number of anilines is 1. The molecule has 1 saturated heterocycles. The van der Waals surface area contributed by atoms with E-state index >= 15 is 0 Å². The van der Waals surface area contributed by atoms with Crippen LogP contribution in [0.1, 0.15) is 42.3 Å². The molecule has 58 heavy (non-hydrogen) atoms. The molecule has 1 aliphatic heterocycles. The van der Waals surface area contributed by atoms with E-state index < -0.39 is 39.8 Å². The lowest BCUT2D eigenvalue weighted by Gasteiger charge is -2.37. The predicted molar refractivity (Wildman–Crippen MR) is 218 cm³/mol. The molecule has 0 saturated carbocycles. The molecule has 4 aromatic carbocycles. The second kappa shape index (κ2) is 17.2. The molecule has 0 aliphatic carbocycles. The number of aromatic amines is 1. The number of methoxy groups -OCH3 is 2. The molecule has 16 heteroatoms. The maximum Gasteiger partial charge on any atom is 0.280 e. The number of thiol groups is 1. The molecule has 2 N–H and O–H groups in total. The second-order valence-electron chi connectivity index (χ2n) is 13.9. The van der Waals surface area contributed by atoms with E-state index in [4.69, 9.17) is 36.3 Å². The summed E-state index contributed by atoms with van der Waals surface area (Å²) in [6.07, 6.45) is -1.24. The molecule has 1 amide bonds. The van der Waals surface area contributed by atoms with E-state index in [1.807, 2.05) is 78.9 Å². The lowest BCUT2D eigenvalue weighted by Crippen LogP contribution is -2.38. The Balaban J connectivity index is 1.30. The molecule has 0 unspecified atom stereocenters. The zero-order valence-corrected chi connectivity index (χ0v) is 33.0. The summed E-state index contributed by atoms with van der Waals surface area (Å²) in [6.45, 7) is 3.24. The number of ether oxygens (including phenoxy) is 5. The normalized spacial score (nSPS) is 18.0. The van der Waals surface area contributed by atoms with E-state index in [2.05, 4.69) is 20.3 Å². The number of para-hydroxylation sites is 1. The van der Waals surface area contributed by atoms with Crippen LogP contribution in [0.4, 0.5) is 11.6 Å². The minimum absolute atomic E-state index is 0.00103. The first-order chi connectivity index (χ1) is 28.0. The topological polar surface area (TPSA) is 182 Å². The van der Waals surface area contributed by atoms with Gasteiger partial charge in [-0.15, -0.1) is 0 Å². The summed E-state index contributed by atoms with van der Waals surface area (Å²) in [7, 11) is 3.21. The Morgan fingerprint density at radius 3 is 2.16 bits per heavy atom. The van der Waals surface area contributed by atoms with Gasteiger partial charge in [-0.3, -0.25) is 34.6 Å². The summed E-state index contributed by atoms with van der Waals surface area (Å²) in [4.78, 5) is 48.7.